The Hall–Kier alpha value is -3.62. The van der Waals surface area contributed by atoms with Crippen molar-refractivity contribution < 1.29 is 18.8 Å². The largest absolute Gasteiger partial charge is 0.469 e. The number of hydrogen-bond donors (Lipinski definition) is 3. The highest BCUT2D eigenvalue weighted by Gasteiger charge is 2.20. The van der Waals surface area contributed by atoms with E-state index in [0.29, 0.717) is 22.4 Å². The third kappa shape index (κ3) is 3.27. The van der Waals surface area contributed by atoms with Crippen molar-refractivity contribution >= 4 is 34.3 Å². The number of nitrogens with two attached hydrogens (primary N) is 1. The minimum Gasteiger partial charge on any atom is -0.469 e. The number of benzene rings is 1. The van der Waals surface area contributed by atoms with Gasteiger partial charge in [0.15, 0.2) is 5.69 Å². The van der Waals surface area contributed by atoms with Crippen molar-refractivity contribution in [3.05, 3.63) is 47.5 Å². The molecule has 2 aromatic heterocycles. The Morgan fingerprint density at radius 3 is 2.73 bits per heavy atom. The molecular formula is C17H17N5O4. The minimum absolute atomic E-state index is 0.0648. The van der Waals surface area contributed by atoms with Gasteiger partial charge in [-0.2, -0.15) is 5.10 Å². The zero-order valence-electron chi connectivity index (χ0n) is 14.2. The van der Waals surface area contributed by atoms with Crippen LogP contribution in [0.25, 0.3) is 10.9 Å². The van der Waals surface area contributed by atoms with Crippen LogP contribution in [0.5, 0.6) is 0 Å². The van der Waals surface area contributed by atoms with Crippen LogP contribution < -0.4 is 11.1 Å². The number of aromatic amines is 1. The maximum absolute atomic E-state index is 12.3. The van der Waals surface area contributed by atoms with Crippen LogP contribution in [-0.4, -0.2) is 39.9 Å². The summed E-state index contributed by atoms with van der Waals surface area (Å²) >= 11 is 0. The SMILES string of the molecule is Cc1occc1CN(C)C(=O)C(=O)Nc1ccc2[nH]nc(C(N)=O)c2c1. The van der Waals surface area contributed by atoms with Crippen molar-refractivity contribution in [2.45, 2.75) is 13.5 Å². The molecule has 0 spiro atoms. The summed E-state index contributed by atoms with van der Waals surface area (Å²) in [4.78, 5) is 37.1. The van der Waals surface area contributed by atoms with Crippen LogP contribution in [0.4, 0.5) is 5.69 Å². The second-order valence-corrected chi connectivity index (χ2v) is 5.81. The Bertz CT molecular complexity index is 1000. The van der Waals surface area contributed by atoms with E-state index in [9.17, 15) is 14.4 Å². The summed E-state index contributed by atoms with van der Waals surface area (Å²) in [6.45, 7) is 2.03. The van der Waals surface area contributed by atoms with E-state index in [-0.39, 0.29) is 12.2 Å². The molecule has 3 aromatic rings. The van der Waals surface area contributed by atoms with Crippen molar-refractivity contribution in [2.24, 2.45) is 5.73 Å². The first-order chi connectivity index (χ1) is 12.4. The fourth-order valence-corrected chi connectivity index (χ4v) is 2.54. The van der Waals surface area contributed by atoms with Crippen LogP contribution in [0.3, 0.4) is 0 Å². The molecule has 0 saturated heterocycles. The first-order valence-electron chi connectivity index (χ1n) is 7.74. The van der Waals surface area contributed by atoms with Crippen LogP contribution in [0.1, 0.15) is 21.8 Å². The Kier molecular flexibility index (Phi) is 4.44. The number of rotatable bonds is 4. The quantitative estimate of drug-likeness (QED) is 0.604. The smallest absolute Gasteiger partial charge is 0.313 e. The van der Waals surface area contributed by atoms with Gasteiger partial charge in [-0.25, -0.2) is 0 Å². The number of nitrogens with zero attached hydrogens (tertiary/aromatic N) is 2. The number of furan rings is 1. The van der Waals surface area contributed by atoms with Crippen molar-refractivity contribution in [3.63, 3.8) is 0 Å². The lowest BCUT2D eigenvalue weighted by molar-refractivity contribution is -0.142. The zero-order chi connectivity index (χ0) is 18.8. The van der Waals surface area contributed by atoms with E-state index in [1.807, 2.05) is 0 Å². The molecule has 1 aromatic carbocycles. The van der Waals surface area contributed by atoms with E-state index in [0.717, 1.165) is 5.56 Å². The van der Waals surface area contributed by atoms with Gasteiger partial charge in [-0.1, -0.05) is 0 Å². The van der Waals surface area contributed by atoms with E-state index in [1.54, 1.807) is 25.1 Å². The summed E-state index contributed by atoms with van der Waals surface area (Å²) in [6, 6.07) is 6.50. The fraction of sp³-hybridized carbons (Fsp3) is 0.176. The highest BCUT2D eigenvalue weighted by Crippen LogP contribution is 2.20. The summed E-state index contributed by atoms with van der Waals surface area (Å²) in [5.41, 5.74) is 7.09. The van der Waals surface area contributed by atoms with Crippen LogP contribution in [-0.2, 0) is 16.1 Å². The molecule has 0 aliphatic carbocycles. The first kappa shape index (κ1) is 17.2. The third-order valence-corrected chi connectivity index (χ3v) is 3.97. The van der Waals surface area contributed by atoms with E-state index in [2.05, 4.69) is 15.5 Å². The van der Waals surface area contributed by atoms with Gasteiger partial charge >= 0.3 is 11.8 Å². The molecule has 0 atom stereocenters. The Labute approximate surface area is 148 Å². The van der Waals surface area contributed by atoms with Gasteiger partial charge in [-0.15, -0.1) is 0 Å². The summed E-state index contributed by atoms with van der Waals surface area (Å²) in [5, 5.41) is 9.49. The van der Waals surface area contributed by atoms with Crippen molar-refractivity contribution in [1.29, 1.82) is 0 Å². The molecule has 26 heavy (non-hydrogen) atoms. The Balaban J connectivity index is 1.73. The number of nitrogens with one attached hydrogen (secondary N) is 2. The molecule has 9 heteroatoms. The average molecular weight is 355 g/mol. The maximum Gasteiger partial charge on any atom is 0.313 e. The number of likely N-dealkylation sites (N-methyl/N-ethyl adjacent to an activating group) is 1. The fourth-order valence-electron chi connectivity index (χ4n) is 2.54. The molecule has 2 heterocycles. The van der Waals surface area contributed by atoms with Gasteiger partial charge in [0.1, 0.15) is 5.76 Å². The molecule has 0 saturated carbocycles. The summed E-state index contributed by atoms with van der Waals surface area (Å²) in [5.74, 6) is -1.49. The molecule has 0 aliphatic heterocycles. The molecule has 0 fully saturated rings. The second-order valence-electron chi connectivity index (χ2n) is 5.81. The number of carbonyl (C=O) groups is 3. The molecule has 0 radical (unpaired) electrons. The Morgan fingerprint density at radius 1 is 1.31 bits per heavy atom. The van der Waals surface area contributed by atoms with Gasteiger partial charge in [0.05, 0.1) is 11.8 Å². The molecule has 3 amide bonds. The van der Waals surface area contributed by atoms with Crippen molar-refractivity contribution in [2.75, 3.05) is 12.4 Å². The number of amides is 3. The predicted molar refractivity (Wildman–Crippen MR) is 93.2 cm³/mol. The van der Waals surface area contributed by atoms with E-state index < -0.39 is 17.7 Å². The number of carbonyl (C=O) groups excluding carboxylic acids is 3. The van der Waals surface area contributed by atoms with Gasteiger partial charge in [0, 0.05) is 30.2 Å². The molecule has 0 unspecified atom stereocenters. The lowest BCUT2D eigenvalue weighted by Crippen LogP contribution is -2.36. The van der Waals surface area contributed by atoms with Crippen LogP contribution in [0.15, 0.2) is 34.9 Å². The van der Waals surface area contributed by atoms with Gasteiger partial charge in [-0.05, 0) is 31.2 Å². The lowest BCUT2D eigenvalue weighted by Gasteiger charge is -2.16. The normalized spacial score (nSPS) is 10.7. The molecule has 9 nitrogen and oxygen atoms in total. The first-order valence-corrected chi connectivity index (χ1v) is 7.74. The molecule has 0 aliphatic rings. The van der Waals surface area contributed by atoms with E-state index in [4.69, 9.17) is 10.2 Å². The van der Waals surface area contributed by atoms with Crippen molar-refractivity contribution in [3.8, 4) is 0 Å². The van der Waals surface area contributed by atoms with Gasteiger partial charge in [0.25, 0.3) is 5.91 Å². The standard InChI is InChI=1S/C17H17N5O4/c1-9-10(5-6-26-9)8-22(2)17(25)16(24)19-11-3-4-13-12(7-11)14(15(18)23)21-20-13/h3-7H,8H2,1-2H3,(H2,18,23)(H,19,24)(H,20,21). The highest BCUT2D eigenvalue weighted by molar-refractivity contribution is 6.39. The number of hydrogen-bond acceptors (Lipinski definition) is 5. The second kappa shape index (κ2) is 6.71. The average Bonchev–Trinajstić information content (AvgIpc) is 3.20. The van der Waals surface area contributed by atoms with Gasteiger partial charge < -0.3 is 20.4 Å². The topological polar surface area (TPSA) is 134 Å². The zero-order valence-corrected chi connectivity index (χ0v) is 14.2. The summed E-state index contributed by atoms with van der Waals surface area (Å²) in [7, 11) is 1.53. The third-order valence-electron chi connectivity index (χ3n) is 3.97. The predicted octanol–water partition coefficient (Wildman–Crippen LogP) is 1.16. The van der Waals surface area contributed by atoms with Gasteiger partial charge in [0.2, 0.25) is 0 Å². The van der Waals surface area contributed by atoms with E-state index in [1.165, 1.54) is 24.3 Å². The van der Waals surface area contributed by atoms with Gasteiger partial charge in [-0.3, -0.25) is 19.5 Å². The van der Waals surface area contributed by atoms with E-state index >= 15 is 0 Å². The number of aromatic nitrogens is 2. The number of anilines is 1. The number of primary amides is 1. The molecule has 134 valence electrons. The monoisotopic (exact) mass is 355 g/mol. The minimum atomic E-state index is -0.794. The molecule has 4 N–H and O–H groups in total. The highest BCUT2D eigenvalue weighted by atomic mass is 16.3. The molecule has 0 bridgehead atoms. The molecular weight excluding hydrogens is 338 g/mol. The van der Waals surface area contributed by atoms with Crippen LogP contribution in [0.2, 0.25) is 0 Å². The molecule has 3 rings (SSSR count). The lowest BCUT2D eigenvalue weighted by atomic mass is 10.2. The van der Waals surface area contributed by atoms with Crippen LogP contribution >= 0.6 is 0 Å². The Morgan fingerprint density at radius 2 is 2.08 bits per heavy atom. The van der Waals surface area contributed by atoms with Crippen LogP contribution in [0, 0.1) is 6.92 Å². The summed E-state index contributed by atoms with van der Waals surface area (Å²) in [6.07, 6.45) is 1.53. The maximum atomic E-state index is 12.3. The summed E-state index contributed by atoms with van der Waals surface area (Å²) < 4.78 is 5.18. The number of fused-ring (bicyclic) bond motifs is 1. The number of H-pyrrole nitrogens is 1. The van der Waals surface area contributed by atoms with Crippen molar-refractivity contribution in [1.82, 2.24) is 15.1 Å². The number of aryl methyl sites for hydroxylation is 1.